The molecule has 0 radical (unpaired) electrons. The van der Waals surface area contributed by atoms with Gasteiger partial charge in [-0.25, -0.2) is 14.6 Å². The zero-order valence-electron chi connectivity index (χ0n) is 24.4. The lowest BCUT2D eigenvalue weighted by atomic mass is 9.94. The number of para-hydroxylation sites is 1. The van der Waals surface area contributed by atoms with Crippen LogP contribution in [0.3, 0.4) is 0 Å². The van der Waals surface area contributed by atoms with Crippen LogP contribution in [0.15, 0.2) is 74.0 Å². The van der Waals surface area contributed by atoms with E-state index in [1.165, 1.54) is 23.8 Å². The Morgan fingerprint density at radius 2 is 1.98 bits per heavy atom. The van der Waals surface area contributed by atoms with E-state index in [0.29, 0.717) is 55.8 Å². The molecule has 5 rings (SSSR count). The number of carboxylic acid groups (broad SMARTS) is 1. The van der Waals surface area contributed by atoms with Gasteiger partial charge in [-0.15, -0.1) is 0 Å². The van der Waals surface area contributed by atoms with E-state index in [2.05, 4.69) is 4.99 Å². The molecule has 0 unspecified atom stereocenters. The standard InChI is InChI=1S/C32H29ClN2O8S/c1-5-14-42-28-20(8-7-9-24(28)40-4)27-26(31(39)41-6-2)17(3)34-32-35(27)29(36)25(44-32)16-19-11-13-23(43-19)18-10-12-22(33)21(15-18)30(37)38/h7-13,15-16,27H,5-6,14H2,1-4H3,(H,37,38)/b25-16+/t27-/m1/s1. The summed E-state index contributed by atoms with van der Waals surface area (Å²) in [5.74, 6) is -0.0914. The number of hydrogen-bond acceptors (Lipinski definition) is 9. The summed E-state index contributed by atoms with van der Waals surface area (Å²) in [5, 5.41) is 9.54. The first-order chi connectivity index (χ1) is 21.2. The van der Waals surface area contributed by atoms with Gasteiger partial charge in [0.25, 0.3) is 5.56 Å². The van der Waals surface area contributed by atoms with Crippen molar-refractivity contribution in [3.63, 3.8) is 0 Å². The Kier molecular flexibility index (Phi) is 9.07. The first-order valence-corrected chi connectivity index (χ1v) is 15.0. The highest BCUT2D eigenvalue weighted by atomic mass is 35.5. The van der Waals surface area contributed by atoms with Crippen molar-refractivity contribution in [1.29, 1.82) is 0 Å². The van der Waals surface area contributed by atoms with E-state index in [9.17, 15) is 19.5 Å². The van der Waals surface area contributed by atoms with Crippen LogP contribution in [-0.4, -0.2) is 41.9 Å². The van der Waals surface area contributed by atoms with Gasteiger partial charge in [0, 0.05) is 17.2 Å². The molecule has 2 aromatic carbocycles. The molecule has 2 aromatic heterocycles. The van der Waals surface area contributed by atoms with Crippen LogP contribution in [0.1, 0.15) is 54.9 Å². The number of methoxy groups -OCH3 is 1. The first kappa shape index (κ1) is 30.8. The first-order valence-electron chi connectivity index (χ1n) is 13.8. The highest BCUT2D eigenvalue weighted by molar-refractivity contribution is 7.07. The minimum absolute atomic E-state index is 0.0528. The van der Waals surface area contributed by atoms with E-state index in [0.717, 1.165) is 17.8 Å². The van der Waals surface area contributed by atoms with Crippen LogP contribution in [0, 0.1) is 0 Å². The number of thiazole rings is 1. The van der Waals surface area contributed by atoms with Gasteiger partial charge in [0.15, 0.2) is 16.3 Å². The number of carboxylic acids is 1. The number of aromatic nitrogens is 1. The highest BCUT2D eigenvalue weighted by Crippen LogP contribution is 2.41. The normalized spacial score (nSPS) is 14.7. The number of furan rings is 1. The monoisotopic (exact) mass is 636 g/mol. The van der Waals surface area contributed by atoms with Crippen molar-refractivity contribution < 1.29 is 33.3 Å². The third kappa shape index (κ3) is 5.80. The minimum atomic E-state index is -1.16. The van der Waals surface area contributed by atoms with E-state index < -0.39 is 23.5 Å². The van der Waals surface area contributed by atoms with E-state index in [1.807, 2.05) is 6.92 Å². The predicted molar refractivity (Wildman–Crippen MR) is 165 cm³/mol. The second kappa shape index (κ2) is 12.9. The molecular formula is C32H29ClN2O8S. The molecule has 4 aromatic rings. The number of nitrogens with zero attached hydrogens (tertiary/aromatic N) is 2. The Balaban J connectivity index is 1.66. The van der Waals surface area contributed by atoms with Crippen LogP contribution in [0.4, 0.5) is 0 Å². The molecule has 44 heavy (non-hydrogen) atoms. The maximum absolute atomic E-state index is 14.1. The molecule has 10 nitrogen and oxygen atoms in total. The molecule has 0 aliphatic carbocycles. The number of rotatable bonds is 10. The maximum Gasteiger partial charge on any atom is 0.338 e. The summed E-state index contributed by atoms with van der Waals surface area (Å²) in [6, 6.07) is 12.3. The molecule has 228 valence electrons. The number of benzene rings is 2. The Bertz CT molecular complexity index is 1970. The van der Waals surface area contributed by atoms with Crippen molar-refractivity contribution in [1.82, 2.24) is 4.57 Å². The molecule has 0 fully saturated rings. The van der Waals surface area contributed by atoms with Crippen LogP contribution in [-0.2, 0) is 9.53 Å². The molecule has 0 saturated heterocycles. The second-order valence-electron chi connectivity index (χ2n) is 9.73. The fraction of sp³-hybridized carbons (Fsp3) is 0.250. The quantitative estimate of drug-likeness (QED) is 0.235. The molecule has 0 saturated carbocycles. The summed E-state index contributed by atoms with van der Waals surface area (Å²) in [6.07, 6.45) is 2.32. The zero-order chi connectivity index (χ0) is 31.5. The van der Waals surface area contributed by atoms with Gasteiger partial charge in [0.1, 0.15) is 17.6 Å². The number of hydrogen-bond donors (Lipinski definition) is 1. The van der Waals surface area contributed by atoms with Crippen molar-refractivity contribution in [3.05, 3.63) is 101 Å². The molecule has 0 bridgehead atoms. The number of aromatic carboxylic acids is 1. The van der Waals surface area contributed by atoms with Crippen molar-refractivity contribution in [2.24, 2.45) is 4.99 Å². The Hall–Kier alpha value is -4.61. The molecule has 1 atom stereocenters. The van der Waals surface area contributed by atoms with Crippen molar-refractivity contribution in [2.75, 3.05) is 20.3 Å². The predicted octanol–water partition coefficient (Wildman–Crippen LogP) is 5.21. The molecule has 1 N–H and O–H groups in total. The third-order valence-corrected chi connectivity index (χ3v) is 8.19. The van der Waals surface area contributed by atoms with Gasteiger partial charge in [-0.1, -0.05) is 42.0 Å². The fourth-order valence-electron chi connectivity index (χ4n) is 4.91. The lowest BCUT2D eigenvalue weighted by Gasteiger charge is -2.27. The molecular weight excluding hydrogens is 608 g/mol. The van der Waals surface area contributed by atoms with Gasteiger partial charge < -0.3 is 23.7 Å². The number of fused-ring (bicyclic) bond motifs is 1. The van der Waals surface area contributed by atoms with Gasteiger partial charge in [-0.05, 0) is 56.7 Å². The smallest absolute Gasteiger partial charge is 0.338 e. The van der Waals surface area contributed by atoms with Gasteiger partial charge in [-0.2, -0.15) is 0 Å². The molecule has 1 aliphatic heterocycles. The van der Waals surface area contributed by atoms with Crippen LogP contribution < -0.4 is 24.4 Å². The van der Waals surface area contributed by atoms with E-state index >= 15 is 0 Å². The average molecular weight is 637 g/mol. The van der Waals surface area contributed by atoms with Crippen LogP contribution in [0.25, 0.3) is 17.4 Å². The third-order valence-electron chi connectivity index (χ3n) is 6.87. The summed E-state index contributed by atoms with van der Waals surface area (Å²) in [5.41, 5.74) is 1.26. The summed E-state index contributed by atoms with van der Waals surface area (Å²) in [7, 11) is 1.53. The Morgan fingerprint density at radius 1 is 1.18 bits per heavy atom. The van der Waals surface area contributed by atoms with Gasteiger partial charge in [0.05, 0.1) is 46.7 Å². The molecule has 3 heterocycles. The van der Waals surface area contributed by atoms with Gasteiger partial charge in [0.2, 0.25) is 0 Å². The lowest BCUT2D eigenvalue weighted by molar-refractivity contribution is -0.139. The summed E-state index contributed by atoms with van der Waals surface area (Å²) < 4.78 is 24.8. The minimum Gasteiger partial charge on any atom is -0.493 e. The van der Waals surface area contributed by atoms with Crippen molar-refractivity contribution >= 4 is 41.0 Å². The number of carbonyl (C=O) groups excluding carboxylic acids is 1. The molecule has 12 heteroatoms. The average Bonchev–Trinajstić information content (AvgIpc) is 3.59. The molecule has 0 amide bonds. The highest BCUT2D eigenvalue weighted by Gasteiger charge is 2.36. The van der Waals surface area contributed by atoms with Crippen LogP contribution in [0.5, 0.6) is 11.5 Å². The maximum atomic E-state index is 14.1. The topological polar surface area (TPSA) is 130 Å². The largest absolute Gasteiger partial charge is 0.493 e. The van der Waals surface area contributed by atoms with E-state index in [4.69, 9.17) is 30.2 Å². The van der Waals surface area contributed by atoms with Crippen LogP contribution in [0.2, 0.25) is 5.02 Å². The summed E-state index contributed by atoms with van der Waals surface area (Å²) in [6.45, 7) is 5.94. The molecule has 1 aliphatic rings. The number of ether oxygens (including phenoxy) is 3. The lowest BCUT2D eigenvalue weighted by Crippen LogP contribution is -2.40. The van der Waals surface area contributed by atoms with E-state index in [1.54, 1.807) is 56.3 Å². The molecule has 0 spiro atoms. The SMILES string of the molecule is CCCOc1c(OC)cccc1[C@@H]1C(C(=O)OCC)=C(C)N=c2s/c(=C/c3ccc(-c4ccc(Cl)c(C(=O)O)c4)o3)c(=O)n21. The van der Waals surface area contributed by atoms with Gasteiger partial charge >= 0.3 is 11.9 Å². The summed E-state index contributed by atoms with van der Waals surface area (Å²) in [4.78, 5) is 43.9. The van der Waals surface area contributed by atoms with Gasteiger partial charge in [-0.3, -0.25) is 9.36 Å². The fourth-order valence-corrected chi connectivity index (χ4v) is 6.14. The second-order valence-corrected chi connectivity index (χ2v) is 11.1. The van der Waals surface area contributed by atoms with Crippen molar-refractivity contribution in [3.8, 4) is 22.8 Å². The Labute approximate surface area is 261 Å². The number of halogens is 1. The number of allylic oxidation sites excluding steroid dienone is 1. The summed E-state index contributed by atoms with van der Waals surface area (Å²) >= 11 is 7.16. The van der Waals surface area contributed by atoms with E-state index in [-0.39, 0.29) is 22.8 Å². The van der Waals surface area contributed by atoms with Crippen molar-refractivity contribution in [2.45, 2.75) is 33.2 Å². The zero-order valence-corrected chi connectivity index (χ0v) is 26.0. The van der Waals surface area contributed by atoms with Crippen LogP contribution >= 0.6 is 22.9 Å². The Morgan fingerprint density at radius 3 is 2.68 bits per heavy atom. The number of carbonyl (C=O) groups is 2. The number of esters is 1.